The number of benzene rings is 2. The number of carbonyl (C=O) groups is 1. The van der Waals surface area contributed by atoms with E-state index in [0.29, 0.717) is 16.5 Å². The van der Waals surface area contributed by atoms with Crippen molar-refractivity contribution in [2.45, 2.75) is 0 Å². The molecule has 0 radical (unpaired) electrons. The van der Waals surface area contributed by atoms with Crippen LogP contribution in [-0.2, 0) is 0 Å². The number of phenols is 2. The van der Waals surface area contributed by atoms with E-state index >= 15 is 0 Å². The van der Waals surface area contributed by atoms with Crippen LogP contribution in [0.1, 0.15) is 10.4 Å². The van der Waals surface area contributed by atoms with Gasteiger partial charge in [0.1, 0.15) is 5.75 Å². The topological polar surface area (TPSA) is 78.8 Å². The summed E-state index contributed by atoms with van der Waals surface area (Å²) in [5.41, 5.74) is 0.319. The van der Waals surface area contributed by atoms with E-state index in [1.807, 2.05) is 0 Å². The molecule has 0 spiro atoms. The lowest BCUT2D eigenvalue weighted by atomic mass is 10.1. The molecular weight excluding hydrogens is 282 g/mol. The van der Waals surface area contributed by atoms with Crippen LogP contribution in [0.4, 0.5) is 5.69 Å². The third kappa shape index (κ3) is 2.78. The Morgan fingerprint density at radius 1 is 1.25 bits per heavy atom. The largest absolute Gasteiger partial charge is 0.504 e. The standard InChI is InChI=1S/C14H12ClNO4/c1-20-12-6-5-8(15)7-10(12)16-14(19)9-3-2-4-11(17)13(9)18/h2-7,17-18H,1H3,(H,16,19). The molecule has 0 aliphatic carbocycles. The summed E-state index contributed by atoms with van der Waals surface area (Å²) in [5, 5.41) is 22.0. The number of anilines is 1. The number of carbonyl (C=O) groups excluding carboxylic acids is 1. The van der Waals surface area contributed by atoms with Crippen LogP contribution in [0.25, 0.3) is 0 Å². The van der Waals surface area contributed by atoms with Crippen LogP contribution < -0.4 is 10.1 Å². The molecule has 0 heterocycles. The van der Waals surface area contributed by atoms with Crippen LogP contribution in [0.15, 0.2) is 36.4 Å². The highest BCUT2D eigenvalue weighted by Gasteiger charge is 2.15. The highest BCUT2D eigenvalue weighted by Crippen LogP contribution is 2.31. The van der Waals surface area contributed by atoms with Crippen molar-refractivity contribution in [3.05, 3.63) is 47.0 Å². The Labute approximate surface area is 120 Å². The van der Waals surface area contributed by atoms with Gasteiger partial charge in [0.15, 0.2) is 11.5 Å². The van der Waals surface area contributed by atoms with Crippen molar-refractivity contribution in [3.63, 3.8) is 0 Å². The zero-order chi connectivity index (χ0) is 14.7. The van der Waals surface area contributed by atoms with Crippen molar-refractivity contribution in [2.24, 2.45) is 0 Å². The number of nitrogens with one attached hydrogen (secondary N) is 1. The first-order valence-corrected chi connectivity index (χ1v) is 6.06. The van der Waals surface area contributed by atoms with Crippen LogP contribution in [0, 0.1) is 0 Å². The van der Waals surface area contributed by atoms with Gasteiger partial charge in [-0.05, 0) is 30.3 Å². The van der Waals surface area contributed by atoms with Gasteiger partial charge in [-0.1, -0.05) is 17.7 Å². The lowest BCUT2D eigenvalue weighted by molar-refractivity contribution is 0.102. The molecule has 0 bridgehead atoms. The van der Waals surface area contributed by atoms with Gasteiger partial charge in [-0.3, -0.25) is 4.79 Å². The molecular formula is C14H12ClNO4. The fourth-order valence-corrected chi connectivity index (χ4v) is 1.85. The van der Waals surface area contributed by atoms with Crippen LogP contribution in [-0.4, -0.2) is 23.2 Å². The average Bonchev–Trinajstić information content (AvgIpc) is 2.42. The van der Waals surface area contributed by atoms with Gasteiger partial charge in [-0.15, -0.1) is 0 Å². The Hall–Kier alpha value is -2.40. The molecule has 0 fully saturated rings. The molecule has 6 heteroatoms. The molecule has 0 aliphatic heterocycles. The zero-order valence-corrected chi connectivity index (χ0v) is 11.3. The average molecular weight is 294 g/mol. The Balaban J connectivity index is 2.32. The minimum Gasteiger partial charge on any atom is -0.504 e. The maximum absolute atomic E-state index is 12.1. The zero-order valence-electron chi connectivity index (χ0n) is 10.6. The Morgan fingerprint density at radius 2 is 2.00 bits per heavy atom. The number of hydrogen-bond acceptors (Lipinski definition) is 4. The molecule has 1 amide bonds. The number of aromatic hydroxyl groups is 2. The Kier molecular flexibility index (Phi) is 4.00. The summed E-state index contributed by atoms with van der Waals surface area (Å²) in [7, 11) is 1.46. The normalized spacial score (nSPS) is 10.1. The lowest BCUT2D eigenvalue weighted by Crippen LogP contribution is -2.12. The lowest BCUT2D eigenvalue weighted by Gasteiger charge is -2.11. The first-order valence-electron chi connectivity index (χ1n) is 5.68. The van der Waals surface area contributed by atoms with Crippen LogP contribution >= 0.6 is 11.6 Å². The second-order valence-electron chi connectivity index (χ2n) is 3.97. The number of amides is 1. The molecule has 20 heavy (non-hydrogen) atoms. The van der Waals surface area contributed by atoms with Crippen molar-refractivity contribution in [3.8, 4) is 17.2 Å². The van der Waals surface area contributed by atoms with Crippen LogP contribution in [0.2, 0.25) is 5.02 Å². The van der Waals surface area contributed by atoms with Gasteiger partial charge in [0.05, 0.1) is 18.4 Å². The van der Waals surface area contributed by atoms with E-state index in [4.69, 9.17) is 16.3 Å². The molecule has 3 N–H and O–H groups in total. The highest BCUT2D eigenvalue weighted by atomic mass is 35.5. The minimum absolute atomic E-state index is 0.0490. The summed E-state index contributed by atoms with van der Waals surface area (Å²) in [5.74, 6) is -0.997. The monoisotopic (exact) mass is 293 g/mol. The van der Waals surface area contributed by atoms with E-state index < -0.39 is 11.7 Å². The molecule has 0 atom stereocenters. The van der Waals surface area contributed by atoms with Crippen molar-refractivity contribution in [2.75, 3.05) is 12.4 Å². The van der Waals surface area contributed by atoms with Gasteiger partial charge < -0.3 is 20.3 Å². The van der Waals surface area contributed by atoms with Crippen LogP contribution in [0.5, 0.6) is 17.2 Å². The molecule has 0 aromatic heterocycles. The maximum Gasteiger partial charge on any atom is 0.259 e. The predicted molar refractivity (Wildman–Crippen MR) is 75.7 cm³/mol. The predicted octanol–water partition coefficient (Wildman–Crippen LogP) is 3.01. The highest BCUT2D eigenvalue weighted by molar-refractivity contribution is 6.31. The molecule has 104 valence electrons. The third-order valence-corrected chi connectivity index (χ3v) is 2.90. The van der Waals surface area contributed by atoms with Gasteiger partial charge in [0.25, 0.3) is 5.91 Å². The Bertz CT molecular complexity index is 658. The molecule has 2 aromatic carbocycles. The van der Waals surface area contributed by atoms with Gasteiger partial charge in [-0.25, -0.2) is 0 Å². The van der Waals surface area contributed by atoms with E-state index in [2.05, 4.69) is 5.32 Å². The van der Waals surface area contributed by atoms with Crippen molar-refractivity contribution in [1.29, 1.82) is 0 Å². The summed E-state index contributed by atoms with van der Waals surface area (Å²) in [4.78, 5) is 12.1. The summed E-state index contributed by atoms with van der Waals surface area (Å²) in [6.45, 7) is 0. The number of hydrogen-bond donors (Lipinski definition) is 3. The number of rotatable bonds is 3. The maximum atomic E-state index is 12.1. The summed E-state index contributed by atoms with van der Waals surface area (Å²) >= 11 is 5.86. The molecule has 0 saturated carbocycles. The number of ether oxygens (including phenoxy) is 1. The second-order valence-corrected chi connectivity index (χ2v) is 4.41. The fraction of sp³-hybridized carbons (Fsp3) is 0.0714. The Morgan fingerprint density at radius 3 is 2.70 bits per heavy atom. The first kappa shape index (κ1) is 14.0. The molecule has 0 aliphatic rings. The molecule has 2 aromatic rings. The van der Waals surface area contributed by atoms with Crippen molar-refractivity contribution >= 4 is 23.2 Å². The number of phenolic OH excluding ortho intramolecular Hbond substituents is 2. The van der Waals surface area contributed by atoms with E-state index in [1.165, 1.54) is 31.4 Å². The van der Waals surface area contributed by atoms with E-state index in [-0.39, 0.29) is 11.3 Å². The van der Waals surface area contributed by atoms with Crippen molar-refractivity contribution in [1.82, 2.24) is 0 Å². The second kappa shape index (κ2) is 5.71. The fourth-order valence-electron chi connectivity index (χ4n) is 1.68. The summed E-state index contributed by atoms with van der Waals surface area (Å²) < 4.78 is 5.11. The number of methoxy groups -OCH3 is 1. The van der Waals surface area contributed by atoms with E-state index in [0.717, 1.165) is 0 Å². The van der Waals surface area contributed by atoms with Gasteiger partial charge >= 0.3 is 0 Å². The molecule has 2 rings (SSSR count). The van der Waals surface area contributed by atoms with Gasteiger partial charge in [0.2, 0.25) is 0 Å². The van der Waals surface area contributed by atoms with Crippen LogP contribution in [0.3, 0.4) is 0 Å². The summed E-state index contributed by atoms with van der Waals surface area (Å²) in [6.07, 6.45) is 0. The number of halogens is 1. The molecule has 0 unspecified atom stereocenters. The smallest absolute Gasteiger partial charge is 0.259 e. The molecule has 0 saturated heterocycles. The van der Waals surface area contributed by atoms with Gasteiger partial charge in [0, 0.05) is 5.02 Å². The van der Waals surface area contributed by atoms with Gasteiger partial charge in [-0.2, -0.15) is 0 Å². The number of para-hydroxylation sites is 1. The van der Waals surface area contributed by atoms with Crippen molar-refractivity contribution < 1.29 is 19.7 Å². The minimum atomic E-state index is -0.584. The molecule has 5 nitrogen and oxygen atoms in total. The van der Waals surface area contributed by atoms with E-state index in [9.17, 15) is 15.0 Å². The van der Waals surface area contributed by atoms with E-state index in [1.54, 1.807) is 12.1 Å². The third-order valence-electron chi connectivity index (χ3n) is 2.67. The summed E-state index contributed by atoms with van der Waals surface area (Å²) in [6, 6.07) is 8.90. The quantitative estimate of drug-likeness (QED) is 0.760. The SMILES string of the molecule is COc1ccc(Cl)cc1NC(=O)c1cccc(O)c1O. The first-order chi connectivity index (χ1) is 9.52.